The first kappa shape index (κ1) is 12.9. The van der Waals surface area contributed by atoms with Gasteiger partial charge >= 0.3 is 0 Å². The van der Waals surface area contributed by atoms with E-state index in [2.05, 4.69) is 15.1 Å². The third-order valence-corrected chi connectivity index (χ3v) is 3.78. The maximum absolute atomic E-state index is 12.5. The molecule has 2 aromatic heterocycles. The number of amides is 1. The summed E-state index contributed by atoms with van der Waals surface area (Å²) in [4.78, 5) is 21.3. The second-order valence-electron chi connectivity index (χ2n) is 5.35. The van der Waals surface area contributed by atoms with Gasteiger partial charge in [-0.05, 0) is 31.7 Å². The highest BCUT2D eigenvalue weighted by Gasteiger charge is 2.28. The Hall–Kier alpha value is -2.11. The van der Waals surface area contributed by atoms with E-state index in [1.165, 1.54) is 0 Å². The normalized spacial score (nSPS) is 19.2. The fourth-order valence-corrected chi connectivity index (χ4v) is 2.77. The molecule has 3 rings (SSSR count). The summed E-state index contributed by atoms with van der Waals surface area (Å²) in [5.41, 5.74) is 1.71. The molecule has 0 radical (unpaired) electrons. The second kappa shape index (κ2) is 5.48. The first-order valence-electron chi connectivity index (χ1n) is 7.02. The van der Waals surface area contributed by atoms with Gasteiger partial charge in [0.05, 0.1) is 31.3 Å². The average Bonchev–Trinajstić information content (AvgIpc) is 3.10. The van der Waals surface area contributed by atoms with Crippen molar-refractivity contribution < 1.29 is 4.79 Å². The molecule has 0 unspecified atom stereocenters. The summed E-state index contributed by atoms with van der Waals surface area (Å²) < 4.78 is 1.93. The monoisotopic (exact) mass is 273 g/mol. The number of nitrogens with one attached hydrogen (secondary N) is 1. The molecule has 0 spiro atoms. The maximum atomic E-state index is 12.5. The largest absolute Gasteiger partial charge is 0.341 e. The standard InChI is InChI=1S/C14H19N5O/c1-11-6-17-18(8-11)9-12-4-2-3-5-19(12)14(20)13-7-15-10-16-13/h6-8,10,12H,2-5,9H2,1H3,(H,15,16)/t12-/m0/s1. The van der Waals surface area contributed by atoms with Crippen LogP contribution in [-0.2, 0) is 6.54 Å². The highest BCUT2D eigenvalue weighted by atomic mass is 16.2. The van der Waals surface area contributed by atoms with E-state index >= 15 is 0 Å². The molecule has 20 heavy (non-hydrogen) atoms. The SMILES string of the molecule is Cc1cnn(C[C@@H]2CCCCN2C(=O)c2cnc[nH]2)c1. The lowest BCUT2D eigenvalue weighted by atomic mass is 10.0. The van der Waals surface area contributed by atoms with E-state index in [4.69, 9.17) is 0 Å². The molecule has 0 bridgehead atoms. The van der Waals surface area contributed by atoms with Gasteiger partial charge in [-0.1, -0.05) is 0 Å². The number of likely N-dealkylation sites (tertiary alicyclic amines) is 1. The van der Waals surface area contributed by atoms with Crippen LogP contribution in [0.2, 0.25) is 0 Å². The summed E-state index contributed by atoms with van der Waals surface area (Å²) in [5.74, 6) is 0.0380. The lowest BCUT2D eigenvalue weighted by Crippen LogP contribution is -2.46. The first-order valence-corrected chi connectivity index (χ1v) is 7.02. The minimum absolute atomic E-state index is 0.0380. The number of aromatic nitrogens is 4. The van der Waals surface area contributed by atoms with Gasteiger partial charge in [0.25, 0.3) is 5.91 Å². The van der Waals surface area contributed by atoms with Crippen LogP contribution >= 0.6 is 0 Å². The van der Waals surface area contributed by atoms with Crippen molar-refractivity contribution in [2.24, 2.45) is 0 Å². The minimum atomic E-state index is 0.0380. The number of aromatic amines is 1. The van der Waals surface area contributed by atoms with Crippen LogP contribution in [0.4, 0.5) is 0 Å². The summed E-state index contributed by atoms with van der Waals surface area (Å²) in [7, 11) is 0. The topological polar surface area (TPSA) is 66.8 Å². The summed E-state index contributed by atoms with van der Waals surface area (Å²) in [6, 6.07) is 0.207. The smallest absolute Gasteiger partial charge is 0.272 e. The lowest BCUT2D eigenvalue weighted by Gasteiger charge is -2.35. The van der Waals surface area contributed by atoms with E-state index in [1.807, 2.05) is 28.9 Å². The van der Waals surface area contributed by atoms with Crippen molar-refractivity contribution >= 4 is 5.91 Å². The molecule has 6 heteroatoms. The molecule has 3 heterocycles. The fourth-order valence-electron chi connectivity index (χ4n) is 2.77. The highest BCUT2D eigenvalue weighted by molar-refractivity contribution is 5.92. The third kappa shape index (κ3) is 2.59. The lowest BCUT2D eigenvalue weighted by molar-refractivity contribution is 0.0578. The van der Waals surface area contributed by atoms with Gasteiger partial charge in [0.1, 0.15) is 5.69 Å². The van der Waals surface area contributed by atoms with Gasteiger partial charge in [-0.15, -0.1) is 0 Å². The Kier molecular flexibility index (Phi) is 3.54. The zero-order valence-corrected chi connectivity index (χ0v) is 11.6. The predicted octanol–water partition coefficient (Wildman–Crippen LogP) is 1.61. The molecule has 6 nitrogen and oxygen atoms in total. The van der Waals surface area contributed by atoms with E-state index in [9.17, 15) is 4.79 Å². The first-order chi connectivity index (χ1) is 9.74. The number of hydrogen-bond acceptors (Lipinski definition) is 3. The number of rotatable bonds is 3. The predicted molar refractivity (Wildman–Crippen MR) is 74.2 cm³/mol. The maximum Gasteiger partial charge on any atom is 0.272 e. The van der Waals surface area contributed by atoms with Gasteiger partial charge in [-0.2, -0.15) is 5.10 Å². The van der Waals surface area contributed by atoms with E-state index in [-0.39, 0.29) is 11.9 Å². The van der Waals surface area contributed by atoms with Crippen molar-refractivity contribution in [1.82, 2.24) is 24.6 Å². The van der Waals surface area contributed by atoms with Gasteiger partial charge in [0.15, 0.2) is 0 Å². The molecule has 1 atom stereocenters. The summed E-state index contributed by atoms with van der Waals surface area (Å²) in [6.07, 6.45) is 10.3. The number of imidazole rings is 1. The number of carbonyl (C=O) groups excluding carboxylic acids is 1. The van der Waals surface area contributed by atoms with Crippen LogP contribution in [0.1, 0.15) is 35.3 Å². The van der Waals surface area contributed by atoms with Crippen LogP contribution in [-0.4, -0.2) is 43.1 Å². The molecule has 1 fully saturated rings. The average molecular weight is 273 g/mol. The Labute approximate surface area is 117 Å². The Balaban J connectivity index is 1.75. The van der Waals surface area contributed by atoms with Gasteiger partial charge in [0, 0.05) is 12.7 Å². The Morgan fingerprint density at radius 1 is 1.45 bits per heavy atom. The highest BCUT2D eigenvalue weighted by Crippen LogP contribution is 2.20. The molecule has 1 N–H and O–H groups in total. The summed E-state index contributed by atoms with van der Waals surface area (Å²) in [5, 5.41) is 4.32. The molecular weight excluding hydrogens is 254 g/mol. The number of carbonyl (C=O) groups is 1. The molecule has 1 saturated heterocycles. The van der Waals surface area contributed by atoms with Crippen LogP contribution in [0.5, 0.6) is 0 Å². The van der Waals surface area contributed by atoms with Crippen LogP contribution in [0.3, 0.4) is 0 Å². The molecule has 1 aliphatic rings. The van der Waals surface area contributed by atoms with Crippen molar-refractivity contribution in [3.63, 3.8) is 0 Å². The van der Waals surface area contributed by atoms with Crippen LogP contribution in [0.15, 0.2) is 24.9 Å². The van der Waals surface area contributed by atoms with Crippen molar-refractivity contribution in [1.29, 1.82) is 0 Å². The summed E-state index contributed by atoms with van der Waals surface area (Å²) in [6.45, 7) is 3.59. The van der Waals surface area contributed by atoms with Gasteiger partial charge < -0.3 is 9.88 Å². The number of H-pyrrole nitrogens is 1. The van der Waals surface area contributed by atoms with Crippen LogP contribution in [0.25, 0.3) is 0 Å². The Morgan fingerprint density at radius 2 is 2.35 bits per heavy atom. The van der Waals surface area contributed by atoms with Crippen molar-refractivity contribution in [2.75, 3.05) is 6.54 Å². The Bertz CT molecular complexity index is 574. The van der Waals surface area contributed by atoms with E-state index in [0.717, 1.165) is 37.9 Å². The molecule has 0 aromatic carbocycles. The quantitative estimate of drug-likeness (QED) is 0.924. The molecular formula is C14H19N5O. The van der Waals surface area contributed by atoms with Gasteiger partial charge in [-0.3, -0.25) is 9.48 Å². The number of nitrogens with zero attached hydrogens (tertiary/aromatic N) is 4. The van der Waals surface area contributed by atoms with Gasteiger partial charge in [-0.25, -0.2) is 4.98 Å². The fraction of sp³-hybridized carbons (Fsp3) is 0.500. The number of aryl methyl sites for hydroxylation is 1. The number of hydrogen-bond donors (Lipinski definition) is 1. The third-order valence-electron chi connectivity index (χ3n) is 3.78. The molecule has 106 valence electrons. The van der Waals surface area contributed by atoms with Crippen molar-refractivity contribution in [2.45, 2.75) is 38.8 Å². The van der Waals surface area contributed by atoms with E-state index < -0.39 is 0 Å². The van der Waals surface area contributed by atoms with Crippen molar-refractivity contribution in [3.05, 3.63) is 36.2 Å². The van der Waals surface area contributed by atoms with Gasteiger partial charge in [0.2, 0.25) is 0 Å². The molecule has 0 aliphatic carbocycles. The molecule has 0 saturated carbocycles. The minimum Gasteiger partial charge on any atom is -0.341 e. The van der Waals surface area contributed by atoms with E-state index in [0.29, 0.717) is 5.69 Å². The number of piperidine rings is 1. The molecule has 1 aliphatic heterocycles. The molecule has 1 amide bonds. The van der Waals surface area contributed by atoms with E-state index in [1.54, 1.807) is 12.5 Å². The van der Waals surface area contributed by atoms with Crippen LogP contribution in [0, 0.1) is 6.92 Å². The van der Waals surface area contributed by atoms with Crippen LogP contribution < -0.4 is 0 Å². The zero-order chi connectivity index (χ0) is 13.9. The zero-order valence-electron chi connectivity index (χ0n) is 11.6. The second-order valence-corrected chi connectivity index (χ2v) is 5.35. The summed E-state index contributed by atoms with van der Waals surface area (Å²) >= 11 is 0. The van der Waals surface area contributed by atoms with Crippen molar-refractivity contribution in [3.8, 4) is 0 Å². The Morgan fingerprint density at radius 3 is 3.05 bits per heavy atom. The molecule has 2 aromatic rings.